The van der Waals surface area contributed by atoms with Gasteiger partial charge in [-0.3, -0.25) is 0 Å². The largest absolute Gasteiger partial charge is 0.509 e. The Balaban J connectivity index is 1.39. The third kappa shape index (κ3) is 3.51. The van der Waals surface area contributed by atoms with Crippen LogP contribution in [-0.2, 0) is 9.47 Å². The lowest BCUT2D eigenvalue weighted by Crippen LogP contribution is -2.13. The van der Waals surface area contributed by atoms with E-state index in [9.17, 15) is 4.79 Å². The number of hydrogen-bond donors (Lipinski definition) is 0. The van der Waals surface area contributed by atoms with Crippen molar-refractivity contribution < 1.29 is 19.0 Å². The number of benzene rings is 3. The molecule has 0 heterocycles. The number of methoxy groups -OCH3 is 1. The minimum Gasteiger partial charge on any atom is -0.497 e. The molecule has 0 bridgehead atoms. The van der Waals surface area contributed by atoms with Gasteiger partial charge in [-0.05, 0) is 39.9 Å². The molecule has 0 amide bonds. The molecule has 0 fully saturated rings. The lowest BCUT2D eigenvalue weighted by Gasteiger charge is -2.14. The Morgan fingerprint density at radius 1 is 0.889 bits per heavy atom. The summed E-state index contributed by atoms with van der Waals surface area (Å²) in [7, 11) is 1.60. The molecule has 0 unspecified atom stereocenters. The van der Waals surface area contributed by atoms with Gasteiger partial charge in [0.2, 0.25) is 0 Å². The van der Waals surface area contributed by atoms with Gasteiger partial charge in [-0.25, -0.2) is 4.79 Å². The first kappa shape index (κ1) is 17.2. The van der Waals surface area contributed by atoms with Crippen molar-refractivity contribution in [2.75, 3.05) is 13.7 Å². The fraction of sp³-hybridized carbons (Fsp3) is 0.130. The van der Waals surface area contributed by atoms with E-state index in [4.69, 9.17) is 14.2 Å². The summed E-state index contributed by atoms with van der Waals surface area (Å²) in [5.74, 6) is 0.763. The van der Waals surface area contributed by atoms with Gasteiger partial charge < -0.3 is 14.2 Å². The monoisotopic (exact) mass is 359 g/mol. The minimum absolute atomic E-state index is 0.0194. The molecule has 3 aromatic rings. The van der Waals surface area contributed by atoms with E-state index in [2.05, 4.69) is 24.3 Å². The smallest absolute Gasteiger partial charge is 0.497 e. The summed E-state index contributed by atoms with van der Waals surface area (Å²) < 4.78 is 15.6. The number of carbonyl (C=O) groups excluding carboxylic acids is 1. The molecule has 0 saturated heterocycles. The predicted molar refractivity (Wildman–Crippen MR) is 103 cm³/mol. The molecule has 1 radical (unpaired) electrons. The summed E-state index contributed by atoms with van der Waals surface area (Å²) in [4.78, 5) is 12.0. The molecule has 1 aliphatic rings. The molecule has 4 heteroatoms. The average Bonchev–Trinajstić information content (AvgIpc) is 3.05. The fourth-order valence-corrected chi connectivity index (χ4v) is 3.42. The van der Waals surface area contributed by atoms with Crippen LogP contribution in [0.4, 0.5) is 4.79 Å². The van der Waals surface area contributed by atoms with E-state index < -0.39 is 6.16 Å². The van der Waals surface area contributed by atoms with Gasteiger partial charge in [0.1, 0.15) is 12.4 Å². The molecule has 1 aliphatic carbocycles. The van der Waals surface area contributed by atoms with E-state index >= 15 is 0 Å². The second kappa shape index (κ2) is 7.54. The van der Waals surface area contributed by atoms with E-state index in [1.165, 1.54) is 28.9 Å². The van der Waals surface area contributed by atoms with Crippen LogP contribution in [0.5, 0.6) is 5.75 Å². The van der Waals surface area contributed by atoms with Crippen LogP contribution >= 0.6 is 0 Å². The second-order valence-electron chi connectivity index (χ2n) is 6.30. The van der Waals surface area contributed by atoms with Crippen molar-refractivity contribution in [1.29, 1.82) is 0 Å². The molecule has 4 rings (SSSR count). The lowest BCUT2D eigenvalue weighted by molar-refractivity contribution is 0.0744. The first-order valence-corrected chi connectivity index (χ1v) is 8.75. The third-order valence-electron chi connectivity index (χ3n) is 4.74. The second-order valence-corrected chi connectivity index (χ2v) is 6.30. The quantitative estimate of drug-likeness (QED) is 0.590. The number of rotatable bonds is 5. The van der Waals surface area contributed by atoms with E-state index in [1.54, 1.807) is 31.4 Å². The van der Waals surface area contributed by atoms with Gasteiger partial charge in [-0.2, -0.15) is 0 Å². The molecular weight excluding hydrogens is 340 g/mol. The van der Waals surface area contributed by atoms with Crippen LogP contribution < -0.4 is 4.74 Å². The molecule has 3 aromatic carbocycles. The summed E-state index contributed by atoms with van der Waals surface area (Å²) in [5.41, 5.74) is 5.49. The molecule has 135 valence electrons. The van der Waals surface area contributed by atoms with Crippen molar-refractivity contribution in [2.45, 2.75) is 5.92 Å². The number of ether oxygens (including phenoxy) is 3. The van der Waals surface area contributed by atoms with Crippen LogP contribution in [0.25, 0.3) is 11.1 Å². The Kier molecular flexibility index (Phi) is 4.79. The highest BCUT2D eigenvalue weighted by Gasteiger charge is 2.29. The molecule has 0 atom stereocenters. The molecular formula is C23H19O4. The normalized spacial score (nSPS) is 12.2. The molecule has 0 saturated carbocycles. The zero-order valence-corrected chi connectivity index (χ0v) is 14.9. The van der Waals surface area contributed by atoms with Gasteiger partial charge in [0.25, 0.3) is 0 Å². The van der Waals surface area contributed by atoms with Crippen molar-refractivity contribution in [3.63, 3.8) is 0 Å². The molecule has 0 aliphatic heterocycles. The Morgan fingerprint density at radius 2 is 1.48 bits per heavy atom. The van der Waals surface area contributed by atoms with Gasteiger partial charge in [0.05, 0.1) is 7.11 Å². The maximum absolute atomic E-state index is 12.0. The first-order chi connectivity index (χ1) is 13.3. The summed E-state index contributed by atoms with van der Waals surface area (Å²) in [6.07, 6.45) is -0.715. The van der Waals surface area contributed by atoms with Gasteiger partial charge >= 0.3 is 6.16 Å². The summed E-state index contributed by atoms with van der Waals surface area (Å²) in [5, 5.41) is 0. The number of carbonyl (C=O) groups is 1. The van der Waals surface area contributed by atoms with Crippen LogP contribution in [0, 0.1) is 6.61 Å². The van der Waals surface area contributed by atoms with Crippen molar-refractivity contribution in [1.82, 2.24) is 0 Å². The molecule has 0 spiro atoms. The van der Waals surface area contributed by atoms with Gasteiger partial charge in [0.15, 0.2) is 6.61 Å². The van der Waals surface area contributed by atoms with Crippen molar-refractivity contribution in [3.8, 4) is 16.9 Å². The van der Waals surface area contributed by atoms with E-state index in [-0.39, 0.29) is 12.5 Å². The molecule has 27 heavy (non-hydrogen) atoms. The SMILES string of the molecule is COc1ccc([CH]OC(=O)OCC2c3ccccc3-c3ccccc32)cc1. The fourth-order valence-electron chi connectivity index (χ4n) is 3.42. The summed E-state index contributed by atoms with van der Waals surface area (Å²) in [6, 6.07) is 23.6. The van der Waals surface area contributed by atoms with Crippen molar-refractivity contribution in [2.24, 2.45) is 0 Å². The third-order valence-corrected chi connectivity index (χ3v) is 4.74. The van der Waals surface area contributed by atoms with Gasteiger partial charge in [-0.1, -0.05) is 60.7 Å². The zero-order chi connectivity index (χ0) is 18.6. The lowest BCUT2D eigenvalue weighted by atomic mass is 9.98. The maximum atomic E-state index is 12.0. The van der Waals surface area contributed by atoms with Crippen molar-refractivity contribution >= 4 is 6.16 Å². The standard InChI is InChI=1S/C23H19O4/c1-25-17-12-10-16(11-13-17)14-26-23(24)27-15-22-20-8-4-2-6-18(20)19-7-3-5-9-21(19)22/h2-14,22H,15H2,1H3. The highest BCUT2D eigenvalue weighted by molar-refractivity contribution is 5.79. The van der Waals surface area contributed by atoms with Crippen LogP contribution in [0.15, 0.2) is 72.8 Å². The topological polar surface area (TPSA) is 44.8 Å². The van der Waals surface area contributed by atoms with Crippen LogP contribution in [0.2, 0.25) is 0 Å². The Morgan fingerprint density at radius 3 is 2.07 bits per heavy atom. The number of fused-ring (bicyclic) bond motifs is 3. The highest BCUT2D eigenvalue weighted by Crippen LogP contribution is 2.44. The number of hydrogen-bond acceptors (Lipinski definition) is 4. The van der Waals surface area contributed by atoms with E-state index in [0.29, 0.717) is 0 Å². The Bertz CT molecular complexity index is 901. The average molecular weight is 359 g/mol. The highest BCUT2D eigenvalue weighted by atomic mass is 16.7. The Hall–Kier alpha value is -3.27. The molecule has 0 aromatic heterocycles. The zero-order valence-electron chi connectivity index (χ0n) is 14.9. The van der Waals surface area contributed by atoms with Gasteiger partial charge in [0, 0.05) is 5.92 Å². The van der Waals surface area contributed by atoms with Crippen LogP contribution in [-0.4, -0.2) is 19.9 Å². The van der Waals surface area contributed by atoms with Crippen molar-refractivity contribution in [3.05, 3.63) is 96.1 Å². The molecule has 0 N–H and O–H groups in total. The summed E-state index contributed by atoms with van der Waals surface area (Å²) >= 11 is 0. The van der Waals surface area contributed by atoms with Gasteiger partial charge in [-0.15, -0.1) is 0 Å². The predicted octanol–water partition coefficient (Wildman–Crippen LogP) is 5.17. The van der Waals surface area contributed by atoms with E-state index in [1.807, 2.05) is 24.3 Å². The Labute approximate surface area is 158 Å². The minimum atomic E-state index is -0.715. The first-order valence-electron chi connectivity index (χ1n) is 8.75. The van der Waals surface area contributed by atoms with Crippen LogP contribution in [0.1, 0.15) is 22.6 Å². The van der Waals surface area contributed by atoms with Crippen LogP contribution in [0.3, 0.4) is 0 Å². The molecule has 4 nitrogen and oxygen atoms in total. The van der Waals surface area contributed by atoms with E-state index in [0.717, 1.165) is 11.3 Å². The summed E-state index contributed by atoms with van der Waals surface area (Å²) in [6.45, 7) is 1.61. The maximum Gasteiger partial charge on any atom is 0.509 e.